The van der Waals surface area contributed by atoms with Crippen molar-refractivity contribution in [2.24, 2.45) is 11.8 Å². The molecule has 2 rings (SSSR count). The van der Waals surface area contributed by atoms with Gasteiger partial charge < -0.3 is 14.4 Å². The first-order valence-corrected chi connectivity index (χ1v) is 14.1. The van der Waals surface area contributed by atoms with E-state index in [4.69, 9.17) is 9.47 Å². The van der Waals surface area contributed by atoms with Crippen molar-refractivity contribution in [3.05, 3.63) is 35.4 Å². The minimum absolute atomic E-state index is 0.0432. The number of benzene rings is 1. The topological polar surface area (TPSA) is 55.8 Å². The van der Waals surface area contributed by atoms with E-state index < -0.39 is 13.7 Å². The molecule has 0 saturated carbocycles. The van der Waals surface area contributed by atoms with Gasteiger partial charge in [0.1, 0.15) is 13.7 Å². The molecule has 164 valence electrons. The van der Waals surface area contributed by atoms with Crippen molar-refractivity contribution in [1.29, 1.82) is 0 Å². The van der Waals surface area contributed by atoms with Crippen LogP contribution in [0.3, 0.4) is 0 Å². The summed E-state index contributed by atoms with van der Waals surface area (Å²) in [6.07, 6.45) is 1.01. The van der Waals surface area contributed by atoms with E-state index in [9.17, 15) is 9.59 Å². The summed E-state index contributed by atoms with van der Waals surface area (Å²) in [7, 11) is -0.0321. The Bertz CT molecular complexity index is 826. The van der Waals surface area contributed by atoms with Gasteiger partial charge in [0.2, 0.25) is 0 Å². The molecule has 2 atom stereocenters. The molecule has 1 unspecified atom stereocenters. The third-order valence-corrected chi connectivity index (χ3v) is 5.79. The number of ether oxygens (including phenoxy) is 2. The average Bonchev–Trinajstić information content (AvgIpc) is 3.12. The Labute approximate surface area is 182 Å². The maximum atomic E-state index is 12.6. The molecule has 6 heteroatoms. The van der Waals surface area contributed by atoms with Crippen LogP contribution in [0.2, 0.25) is 19.6 Å². The van der Waals surface area contributed by atoms with Crippen molar-refractivity contribution < 1.29 is 19.1 Å². The molecule has 30 heavy (non-hydrogen) atoms. The molecule has 1 amide bonds. The molecule has 0 spiro atoms. The molecule has 1 aliphatic rings. The molecule has 1 aromatic carbocycles. The summed E-state index contributed by atoms with van der Waals surface area (Å²) in [5.41, 5.74) is 4.88. The summed E-state index contributed by atoms with van der Waals surface area (Å²) in [5.74, 6) is 2.79. The van der Waals surface area contributed by atoms with E-state index in [2.05, 4.69) is 37.2 Å². The number of carbonyl (C=O) groups excluding carboxylic acids is 2. The number of nitrogens with zero attached hydrogens (tertiary/aromatic N) is 1. The fraction of sp³-hybridized carbons (Fsp3) is 0.583. The van der Waals surface area contributed by atoms with Crippen LogP contribution in [0.25, 0.3) is 0 Å². The Morgan fingerprint density at radius 1 is 1.27 bits per heavy atom. The summed E-state index contributed by atoms with van der Waals surface area (Å²) >= 11 is 0. The van der Waals surface area contributed by atoms with Crippen molar-refractivity contribution in [3.63, 3.8) is 0 Å². The summed E-state index contributed by atoms with van der Waals surface area (Å²) in [6.45, 7) is 13.3. The number of likely N-dealkylation sites (tertiary alicyclic amines) is 1. The minimum Gasteiger partial charge on any atom is -0.469 e. The van der Waals surface area contributed by atoms with Crippen LogP contribution >= 0.6 is 0 Å². The number of methoxy groups -OCH3 is 1. The second-order valence-electron chi connectivity index (χ2n) is 10.0. The molecule has 1 fully saturated rings. The maximum Gasteiger partial charge on any atom is 0.410 e. The van der Waals surface area contributed by atoms with Gasteiger partial charge in [-0.2, -0.15) is 0 Å². The zero-order valence-electron chi connectivity index (χ0n) is 19.4. The quantitative estimate of drug-likeness (QED) is 0.402. The van der Waals surface area contributed by atoms with Gasteiger partial charge in [-0.25, -0.2) is 4.79 Å². The second kappa shape index (κ2) is 9.70. The largest absolute Gasteiger partial charge is 0.469 e. The highest BCUT2D eigenvalue weighted by Crippen LogP contribution is 2.29. The molecule has 0 bridgehead atoms. The number of carbonyl (C=O) groups is 2. The van der Waals surface area contributed by atoms with Crippen LogP contribution in [0, 0.1) is 23.3 Å². The third kappa shape index (κ3) is 7.53. The summed E-state index contributed by atoms with van der Waals surface area (Å²) < 4.78 is 10.6. The second-order valence-corrected chi connectivity index (χ2v) is 14.8. The van der Waals surface area contributed by atoms with Gasteiger partial charge in [0.25, 0.3) is 0 Å². The van der Waals surface area contributed by atoms with E-state index in [-0.39, 0.29) is 23.9 Å². The highest BCUT2D eigenvalue weighted by atomic mass is 28.3. The summed E-state index contributed by atoms with van der Waals surface area (Å²) in [5, 5.41) is 0. The van der Waals surface area contributed by atoms with E-state index in [0.717, 1.165) is 17.5 Å². The van der Waals surface area contributed by atoms with Crippen molar-refractivity contribution in [1.82, 2.24) is 4.90 Å². The normalized spacial score (nSPS) is 17.7. The smallest absolute Gasteiger partial charge is 0.410 e. The Hall–Kier alpha value is -2.26. The van der Waals surface area contributed by atoms with Crippen LogP contribution in [0.1, 0.15) is 38.3 Å². The van der Waals surface area contributed by atoms with Gasteiger partial charge in [0.05, 0.1) is 13.0 Å². The molecule has 1 saturated heterocycles. The number of hydrogen-bond acceptors (Lipinski definition) is 4. The van der Waals surface area contributed by atoms with E-state index in [1.165, 1.54) is 7.11 Å². The van der Waals surface area contributed by atoms with E-state index in [1.807, 2.05) is 39.0 Å². The van der Waals surface area contributed by atoms with Gasteiger partial charge >= 0.3 is 12.1 Å². The number of rotatable bonds is 4. The molecular weight excluding hydrogens is 394 g/mol. The van der Waals surface area contributed by atoms with Gasteiger partial charge in [-0.3, -0.25) is 4.79 Å². The Balaban J connectivity index is 2.13. The van der Waals surface area contributed by atoms with Crippen molar-refractivity contribution in [2.75, 3.05) is 20.2 Å². The maximum absolute atomic E-state index is 12.6. The van der Waals surface area contributed by atoms with Crippen LogP contribution in [0.5, 0.6) is 0 Å². The van der Waals surface area contributed by atoms with E-state index in [0.29, 0.717) is 19.5 Å². The standard InChI is InChI=1S/C24H35NO4Si/c1-24(2,3)29-23(27)25-13-11-20(17-25)21(22(26)28-4)16-19-10-8-9-18(15-19)12-14-30(5,6)7/h8-10,15,20-21H,11,13,16-17H2,1-7H3/t20-,21?/m0/s1. The van der Waals surface area contributed by atoms with Gasteiger partial charge in [-0.1, -0.05) is 37.7 Å². The fourth-order valence-electron chi connectivity index (χ4n) is 3.49. The predicted octanol–water partition coefficient (Wildman–Crippen LogP) is 4.50. The first kappa shape index (κ1) is 24.0. The van der Waals surface area contributed by atoms with Crippen molar-refractivity contribution in [3.8, 4) is 11.5 Å². The van der Waals surface area contributed by atoms with Gasteiger partial charge in [-0.15, -0.1) is 5.54 Å². The number of hydrogen-bond donors (Lipinski definition) is 0. The predicted molar refractivity (Wildman–Crippen MR) is 122 cm³/mol. The van der Waals surface area contributed by atoms with Crippen LogP contribution in [0.15, 0.2) is 24.3 Å². The van der Waals surface area contributed by atoms with E-state index in [1.54, 1.807) is 4.90 Å². The lowest BCUT2D eigenvalue weighted by Gasteiger charge is -2.25. The molecule has 1 heterocycles. The van der Waals surface area contributed by atoms with Crippen LogP contribution in [-0.4, -0.2) is 50.8 Å². The molecule has 1 aliphatic heterocycles. The molecule has 0 aromatic heterocycles. The van der Waals surface area contributed by atoms with E-state index >= 15 is 0 Å². The molecule has 1 aromatic rings. The first-order valence-electron chi connectivity index (χ1n) is 10.6. The number of amides is 1. The molecule has 0 radical (unpaired) electrons. The summed E-state index contributed by atoms with van der Waals surface area (Å²) in [4.78, 5) is 26.7. The Morgan fingerprint density at radius 3 is 2.57 bits per heavy atom. The molecule has 0 aliphatic carbocycles. The monoisotopic (exact) mass is 429 g/mol. The van der Waals surface area contributed by atoms with Gasteiger partial charge in [-0.05, 0) is 57.2 Å². The van der Waals surface area contributed by atoms with Crippen molar-refractivity contribution >= 4 is 20.1 Å². The first-order chi connectivity index (χ1) is 13.9. The lowest BCUT2D eigenvalue weighted by molar-refractivity contribution is -0.147. The van der Waals surface area contributed by atoms with Crippen LogP contribution in [-0.2, 0) is 20.7 Å². The van der Waals surface area contributed by atoms with Gasteiger partial charge in [0.15, 0.2) is 0 Å². The number of esters is 1. The SMILES string of the molecule is COC(=O)C(Cc1cccc(C#C[Si](C)(C)C)c1)[C@H]1CCN(C(=O)OC(C)(C)C)C1. The molecule has 5 nitrogen and oxygen atoms in total. The molecule has 0 N–H and O–H groups in total. The Morgan fingerprint density at radius 2 is 1.97 bits per heavy atom. The summed E-state index contributed by atoms with van der Waals surface area (Å²) in [6, 6.07) is 8.07. The highest BCUT2D eigenvalue weighted by Gasteiger charge is 2.37. The zero-order valence-corrected chi connectivity index (χ0v) is 20.4. The van der Waals surface area contributed by atoms with Gasteiger partial charge in [0, 0.05) is 18.7 Å². The zero-order chi connectivity index (χ0) is 22.5. The third-order valence-electron chi connectivity index (χ3n) is 4.91. The molecular formula is C24H35NO4Si. The lowest BCUT2D eigenvalue weighted by atomic mass is 9.86. The minimum atomic E-state index is -1.45. The highest BCUT2D eigenvalue weighted by molar-refractivity contribution is 6.83. The van der Waals surface area contributed by atoms with Crippen molar-refractivity contribution in [2.45, 2.75) is 58.9 Å². The van der Waals surface area contributed by atoms with Crippen LogP contribution in [0.4, 0.5) is 4.79 Å². The lowest BCUT2D eigenvalue weighted by Crippen LogP contribution is -2.36. The Kier molecular flexibility index (Phi) is 7.76. The fourth-order valence-corrected chi connectivity index (χ4v) is 4.01. The average molecular weight is 430 g/mol. The van der Waals surface area contributed by atoms with Crippen LogP contribution < -0.4 is 0 Å².